The Hall–Kier alpha value is -5.08. The minimum atomic E-state index is -0.136. The minimum Gasteiger partial charge on any atom is -0.456 e. The van der Waals surface area contributed by atoms with Crippen molar-refractivity contribution in [3.63, 3.8) is 0 Å². The summed E-state index contributed by atoms with van der Waals surface area (Å²) in [5.74, 6) is 0. The second kappa shape index (κ2) is 9.48. The van der Waals surface area contributed by atoms with E-state index in [1.807, 2.05) is 6.07 Å². The van der Waals surface area contributed by atoms with Crippen molar-refractivity contribution in [1.82, 2.24) is 0 Å². The fourth-order valence-electron chi connectivity index (χ4n) is 8.46. The summed E-state index contributed by atoms with van der Waals surface area (Å²) in [7, 11) is 0. The molecule has 0 spiro atoms. The molecule has 7 aromatic rings. The average Bonchev–Trinajstić information content (AvgIpc) is 3.55. The lowest BCUT2D eigenvalue weighted by Crippen LogP contribution is -2.43. The number of nitrogens with zero attached hydrogens (tertiary/aromatic N) is 1. The molecular formula is C45H39NO. The van der Waals surface area contributed by atoms with Gasteiger partial charge in [-0.25, -0.2) is 0 Å². The first kappa shape index (κ1) is 28.2. The summed E-state index contributed by atoms with van der Waals surface area (Å²) < 4.78 is 6.40. The SMILES string of the molecule is CC1(C)c2ccccc2-c2ccc(N(c3ccccc3)c3ccc4c(c3)C(C)(C)C(C)(C)c3cc5c(cc3-4)oc3ccccc35)cc21. The van der Waals surface area contributed by atoms with Gasteiger partial charge in [0, 0.05) is 33.2 Å². The molecule has 6 aromatic carbocycles. The number of fused-ring (bicyclic) bond motifs is 9. The van der Waals surface area contributed by atoms with Crippen molar-refractivity contribution < 1.29 is 4.42 Å². The Morgan fingerprint density at radius 2 is 0.979 bits per heavy atom. The molecule has 0 atom stereocenters. The highest BCUT2D eigenvalue weighted by atomic mass is 16.3. The lowest BCUT2D eigenvalue weighted by atomic mass is 9.55. The number of rotatable bonds is 3. The van der Waals surface area contributed by atoms with E-state index in [4.69, 9.17) is 4.42 Å². The Bertz CT molecular complexity index is 2390. The monoisotopic (exact) mass is 609 g/mol. The van der Waals surface area contributed by atoms with E-state index in [-0.39, 0.29) is 16.2 Å². The van der Waals surface area contributed by atoms with Crippen molar-refractivity contribution in [2.75, 3.05) is 4.90 Å². The van der Waals surface area contributed by atoms with Gasteiger partial charge in [0.25, 0.3) is 0 Å². The van der Waals surface area contributed by atoms with E-state index in [2.05, 4.69) is 168 Å². The zero-order chi connectivity index (χ0) is 32.3. The number of hydrogen-bond donors (Lipinski definition) is 0. The third kappa shape index (κ3) is 3.79. The van der Waals surface area contributed by atoms with Crippen LogP contribution in [0.25, 0.3) is 44.2 Å². The van der Waals surface area contributed by atoms with Gasteiger partial charge in [0.05, 0.1) is 0 Å². The lowest BCUT2D eigenvalue weighted by Gasteiger charge is -2.48. The van der Waals surface area contributed by atoms with E-state index in [0.717, 1.165) is 16.9 Å². The predicted octanol–water partition coefficient (Wildman–Crippen LogP) is 12.6. The summed E-state index contributed by atoms with van der Waals surface area (Å²) in [6.07, 6.45) is 0. The Balaban J connectivity index is 1.25. The molecule has 1 heterocycles. The van der Waals surface area contributed by atoms with Crippen LogP contribution in [0, 0.1) is 0 Å². The molecule has 0 N–H and O–H groups in total. The highest BCUT2D eigenvalue weighted by Crippen LogP contribution is 2.56. The van der Waals surface area contributed by atoms with Crippen molar-refractivity contribution in [2.45, 2.75) is 57.8 Å². The van der Waals surface area contributed by atoms with Gasteiger partial charge < -0.3 is 9.32 Å². The molecule has 0 bridgehead atoms. The molecule has 47 heavy (non-hydrogen) atoms. The van der Waals surface area contributed by atoms with Crippen LogP contribution in [0.1, 0.15) is 63.8 Å². The maximum absolute atomic E-state index is 6.40. The number of hydrogen-bond acceptors (Lipinski definition) is 2. The predicted molar refractivity (Wildman–Crippen MR) is 197 cm³/mol. The van der Waals surface area contributed by atoms with Crippen LogP contribution in [0.2, 0.25) is 0 Å². The molecule has 0 fully saturated rings. The Kier molecular flexibility index (Phi) is 5.68. The average molecular weight is 610 g/mol. The van der Waals surface area contributed by atoms with Gasteiger partial charge in [0.15, 0.2) is 0 Å². The normalized spacial score (nSPS) is 16.4. The van der Waals surface area contributed by atoms with Crippen LogP contribution in [0.15, 0.2) is 132 Å². The number of para-hydroxylation sites is 2. The third-order valence-electron chi connectivity index (χ3n) is 11.8. The smallest absolute Gasteiger partial charge is 0.136 e. The topological polar surface area (TPSA) is 16.4 Å². The molecule has 230 valence electrons. The molecular weight excluding hydrogens is 571 g/mol. The van der Waals surface area contributed by atoms with E-state index in [1.165, 1.54) is 66.7 Å². The lowest BCUT2D eigenvalue weighted by molar-refractivity contribution is 0.299. The third-order valence-corrected chi connectivity index (χ3v) is 11.8. The first-order valence-corrected chi connectivity index (χ1v) is 16.8. The fourth-order valence-corrected chi connectivity index (χ4v) is 8.46. The fraction of sp³-hybridized carbons (Fsp3) is 0.200. The highest BCUT2D eigenvalue weighted by molar-refractivity contribution is 6.07. The molecule has 1 aromatic heterocycles. The van der Waals surface area contributed by atoms with Gasteiger partial charge in [0.2, 0.25) is 0 Å². The van der Waals surface area contributed by atoms with Crippen LogP contribution in [0.5, 0.6) is 0 Å². The van der Waals surface area contributed by atoms with Gasteiger partial charge in [-0.2, -0.15) is 0 Å². The zero-order valence-corrected chi connectivity index (χ0v) is 28.0. The van der Waals surface area contributed by atoms with E-state index in [1.54, 1.807) is 0 Å². The number of furan rings is 1. The molecule has 2 aliphatic rings. The van der Waals surface area contributed by atoms with Crippen LogP contribution >= 0.6 is 0 Å². The van der Waals surface area contributed by atoms with Crippen LogP contribution in [0.3, 0.4) is 0 Å². The second-order valence-corrected chi connectivity index (χ2v) is 15.0. The van der Waals surface area contributed by atoms with Crippen LogP contribution < -0.4 is 4.90 Å². The van der Waals surface area contributed by atoms with Gasteiger partial charge in [-0.1, -0.05) is 114 Å². The summed E-state index contributed by atoms with van der Waals surface area (Å²) in [5.41, 5.74) is 15.8. The molecule has 0 radical (unpaired) electrons. The summed E-state index contributed by atoms with van der Waals surface area (Å²) in [5, 5.41) is 2.37. The highest BCUT2D eigenvalue weighted by Gasteiger charge is 2.46. The molecule has 0 amide bonds. The van der Waals surface area contributed by atoms with Gasteiger partial charge in [-0.15, -0.1) is 0 Å². The summed E-state index contributed by atoms with van der Waals surface area (Å²) in [4.78, 5) is 2.43. The minimum absolute atomic E-state index is 0.0716. The van der Waals surface area contributed by atoms with E-state index in [0.29, 0.717) is 0 Å². The molecule has 0 saturated carbocycles. The van der Waals surface area contributed by atoms with Crippen molar-refractivity contribution in [3.05, 3.63) is 150 Å². The zero-order valence-electron chi connectivity index (χ0n) is 28.0. The number of anilines is 3. The maximum Gasteiger partial charge on any atom is 0.136 e. The van der Waals surface area contributed by atoms with E-state index >= 15 is 0 Å². The van der Waals surface area contributed by atoms with Crippen LogP contribution in [-0.4, -0.2) is 0 Å². The van der Waals surface area contributed by atoms with Crippen molar-refractivity contribution in [3.8, 4) is 22.3 Å². The summed E-state index contributed by atoms with van der Waals surface area (Å²) >= 11 is 0. The van der Waals surface area contributed by atoms with E-state index < -0.39 is 0 Å². The summed E-state index contributed by atoms with van der Waals surface area (Å²) in [6.45, 7) is 14.4. The molecule has 2 aliphatic carbocycles. The maximum atomic E-state index is 6.40. The quantitative estimate of drug-likeness (QED) is 0.198. The Morgan fingerprint density at radius 1 is 0.404 bits per heavy atom. The van der Waals surface area contributed by atoms with Crippen LogP contribution in [-0.2, 0) is 16.2 Å². The van der Waals surface area contributed by atoms with E-state index in [9.17, 15) is 0 Å². The van der Waals surface area contributed by atoms with Gasteiger partial charge in [0.1, 0.15) is 11.2 Å². The van der Waals surface area contributed by atoms with Gasteiger partial charge >= 0.3 is 0 Å². The Morgan fingerprint density at radius 3 is 1.72 bits per heavy atom. The molecule has 2 heteroatoms. The largest absolute Gasteiger partial charge is 0.456 e. The first-order valence-electron chi connectivity index (χ1n) is 16.8. The Labute approximate surface area is 277 Å². The summed E-state index contributed by atoms with van der Waals surface area (Å²) in [6, 6.07) is 46.9. The molecule has 0 aliphatic heterocycles. The van der Waals surface area contributed by atoms with Crippen molar-refractivity contribution in [2.24, 2.45) is 0 Å². The molecule has 0 unspecified atom stereocenters. The first-order chi connectivity index (χ1) is 22.6. The molecule has 2 nitrogen and oxygen atoms in total. The number of benzene rings is 6. The van der Waals surface area contributed by atoms with Gasteiger partial charge in [-0.3, -0.25) is 0 Å². The standard InChI is InChI=1S/C45H39NO/c1-43(2)37-18-12-10-16-31(37)32-22-20-29(24-38(32)43)46(28-14-8-7-9-15-28)30-21-23-33-35-27-42-36(34-17-11-13-19-41(34)47-42)26-40(35)45(5,6)44(3,4)39(33)25-30/h7-27H,1-6H3. The van der Waals surface area contributed by atoms with Crippen molar-refractivity contribution >= 4 is 39.0 Å². The molecule has 9 rings (SSSR count). The molecule has 0 saturated heterocycles. The van der Waals surface area contributed by atoms with Crippen molar-refractivity contribution in [1.29, 1.82) is 0 Å². The van der Waals surface area contributed by atoms with Crippen LogP contribution in [0.4, 0.5) is 17.1 Å². The second-order valence-electron chi connectivity index (χ2n) is 15.0. The van der Waals surface area contributed by atoms with Gasteiger partial charge in [-0.05, 0) is 110 Å².